The van der Waals surface area contributed by atoms with Gasteiger partial charge in [-0.15, -0.1) is 11.3 Å². The third-order valence-electron chi connectivity index (χ3n) is 4.86. The van der Waals surface area contributed by atoms with Crippen LogP contribution in [0, 0.1) is 6.92 Å². The molecule has 1 aromatic carbocycles. The van der Waals surface area contributed by atoms with Gasteiger partial charge in [-0.1, -0.05) is 18.2 Å². The number of likely N-dealkylation sites (tertiary alicyclic amines) is 1. The zero-order valence-corrected chi connectivity index (χ0v) is 17.5. The second kappa shape index (κ2) is 9.13. The number of para-hydroxylation sites is 1. The lowest BCUT2D eigenvalue weighted by Crippen LogP contribution is -2.40. The van der Waals surface area contributed by atoms with Gasteiger partial charge in [0.2, 0.25) is 5.91 Å². The highest BCUT2D eigenvalue weighted by Gasteiger charge is 2.27. The molecule has 30 heavy (non-hydrogen) atoms. The minimum absolute atomic E-state index is 0.00145. The van der Waals surface area contributed by atoms with E-state index in [1.54, 1.807) is 4.90 Å². The number of nitrogens with one attached hydrogen (secondary N) is 1. The summed E-state index contributed by atoms with van der Waals surface area (Å²) < 4.78 is 11.1. The largest absolute Gasteiger partial charge is 0.484 e. The lowest BCUT2D eigenvalue weighted by Gasteiger charge is -2.17. The zero-order chi connectivity index (χ0) is 20.9. The molecule has 7 nitrogen and oxygen atoms in total. The van der Waals surface area contributed by atoms with Gasteiger partial charge in [0.1, 0.15) is 11.5 Å². The fourth-order valence-electron chi connectivity index (χ4n) is 3.35. The Hall–Kier alpha value is -3.13. The molecule has 0 unspecified atom stereocenters. The number of carbonyl (C=O) groups excluding carboxylic acids is 2. The molecule has 0 saturated carbocycles. The summed E-state index contributed by atoms with van der Waals surface area (Å²) in [5, 5.41) is 5.65. The van der Waals surface area contributed by atoms with E-state index in [0.717, 1.165) is 17.2 Å². The van der Waals surface area contributed by atoms with Gasteiger partial charge in [0.25, 0.3) is 5.91 Å². The van der Waals surface area contributed by atoms with E-state index in [1.165, 1.54) is 11.3 Å². The Morgan fingerprint density at radius 3 is 2.87 bits per heavy atom. The van der Waals surface area contributed by atoms with Crippen molar-refractivity contribution in [2.45, 2.75) is 25.8 Å². The lowest BCUT2D eigenvalue weighted by atomic mass is 10.2. The molecule has 1 saturated heterocycles. The van der Waals surface area contributed by atoms with E-state index in [1.807, 2.05) is 54.8 Å². The topological polar surface area (TPSA) is 84.7 Å². The maximum Gasteiger partial charge on any atom is 0.260 e. The smallest absolute Gasteiger partial charge is 0.260 e. The molecule has 0 spiro atoms. The fourth-order valence-corrected chi connectivity index (χ4v) is 4.13. The number of ether oxygens (including phenoxy) is 1. The molecule has 1 fully saturated rings. The monoisotopic (exact) mass is 425 g/mol. The molecule has 0 aliphatic carbocycles. The molecular formula is C22H23N3O4S. The summed E-state index contributed by atoms with van der Waals surface area (Å²) >= 11 is 1.46. The summed E-state index contributed by atoms with van der Waals surface area (Å²) in [5.41, 5.74) is 0.712. The van der Waals surface area contributed by atoms with Gasteiger partial charge in [-0.25, -0.2) is 4.98 Å². The maximum atomic E-state index is 12.4. The van der Waals surface area contributed by atoms with Crippen molar-refractivity contribution in [3.05, 3.63) is 59.3 Å². The number of nitrogens with zero attached hydrogens (tertiary/aromatic N) is 2. The number of aryl methyl sites for hydroxylation is 1. The van der Waals surface area contributed by atoms with Gasteiger partial charge in [0.15, 0.2) is 17.4 Å². The highest BCUT2D eigenvalue weighted by atomic mass is 32.1. The van der Waals surface area contributed by atoms with E-state index >= 15 is 0 Å². The van der Waals surface area contributed by atoms with Crippen LogP contribution in [-0.4, -0.2) is 47.4 Å². The average Bonchev–Trinajstić information content (AvgIpc) is 3.48. The van der Waals surface area contributed by atoms with E-state index in [4.69, 9.17) is 9.15 Å². The molecule has 1 aliphatic rings. The molecule has 0 bridgehead atoms. The highest BCUT2D eigenvalue weighted by Crippen LogP contribution is 2.25. The number of furan rings is 1. The van der Waals surface area contributed by atoms with Crippen LogP contribution >= 0.6 is 11.3 Å². The number of amides is 2. The van der Waals surface area contributed by atoms with Crippen LogP contribution in [0.1, 0.15) is 17.9 Å². The molecule has 8 heteroatoms. The standard InChI is InChI=1S/C22H23N3O4S/c1-15-7-8-19(29-15)22-24-17(14-30-22)11-20(26)23-16-9-10-25(12-16)21(27)13-28-18-5-3-2-4-6-18/h2-8,14,16H,9-13H2,1H3,(H,23,26)/t16-/m0/s1. The number of aromatic nitrogens is 1. The molecule has 3 aromatic rings. The Kier molecular flexibility index (Phi) is 6.13. The van der Waals surface area contributed by atoms with E-state index in [-0.39, 0.29) is 30.9 Å². The molecule has 4 rings (SSSR count). The number of hydrogen-bond acceptors (Lipinski definition) is 6. The van der Waals surface area contributed by atoms with E-state index in [2.05, 4.69) is 10.3 Å². The summed E-state index contributed by atoms with van der Waals surface area (Å²) in [6.45, 7) is 2.99. The van der Waals surface area contributed by atoms with Crippen LogP contribution in [-0.2, 0) is 16.0 Å². The third kappa shape index (κ3) is 5.07. The van der Waals surface area contributed by atoms with Crippen molar-refractivity contribution in [2.75, 3.05) is 19.7 Å². The van der Waals surface area contributed by atoms with Crippen molar-refractivity contribution in [2.24, 2.45) is 0 Å². The first kappa shape index (κ1) is 20.2. The normalized spacial score (nSPS) is 15.9. The molecule has 1 aliphatic heterocycles. The molecular weight excluding hydrogens is 402 g/mol. The number of rotatable bonds is 7. The van der Waals surface area contributed by atoms with Crippen molar-refractivity contribution in [1.82, 2.24) is 15.2 Å². The van der Waals surface area contributed by atoms with Crippen molar-refractivity contribution in [1.29, 1.82) is 0 Å². The summed E-state index contributed by atoms with van der Waals surface area (Å²) in [7, 11) is 0. The quantitative estimate of drug-likeness (QED) is 0.629. The minimum Gasteiger partial charge on any atom is -0.484 e. The molecule has 0 radical (unpaired) electrons. The van der Waals surface area contributed by atoms with Crippen molar-refractivity contribution >= 4 is 23.2 Å². The molecule has 1 atom stereocenters. The second-order valence-corrected chi connectivity index (χ2v) is 8.08. The molecule has 1 N–H and O–H groups in total. The van der Waals surface area contributed by atoms with Crippen LogP contribution in [0.5, 0.6) is 5.75 Å². The van der Waals surface area contributed by atoms with Crippen LogP contribution < -0.4 is 10.1 Å². The predicted octanol–water partition coefficient (Wildman–Crippen LogP) is 3.05. The van der Waals surface area contributed by atoms with Crippen LogP contribution in [0.15, 0.2) is 52.3 Å². The first-order valence-electron chi connectivity index (χ1n) is 9.83. The number of benzene rings is 1. The fraction of sp³-hybridized carbons (Fsp3) is 0.318. The Bertz CT molecular complexity index is 1010. The highest BCUT2D eigenvalue weighted by molar-refractivity contribution is 7.13. The Balaban J connectivity index is 1.23. The Labute approximate surface area is 178 Å². The summed E-state index contributed by atoms with van der Waals surface area (Å²) in [6, 6.07) is 13.0. The van der Waals surface area contributed by atoms with Crippen LogP contribution in [0.4, 0.5) is 0 Å². The van der Waals surface area contributed by atoms with E-state index in [9.17, 15) is 9.59 Å². The summed E-state index contributed by atoms with van der Waals surface area (Å²) in [6.07, 6.45) is 0.939. The van der Waals surface area contributed by atoms with Crippen LogP contribution in [0.3, 0.4) is 0 Å². The number of thiazole rings is 1. The third-order valence-corrected chi connectivity index (χ3v) is 5.76. The second-order valence-electron chi connectivity index (χ2n) is 7.23. The first-order chi connectivity index (χ1) is 14.6. The molecule has 156 valence electrons. The average molecular weight is 426 g/mol. The SMILES string of the molecule is Cc1ccc(-c2nc(CC(=O)N[C@H]3CCN(C(=O)COc4ccccc4)C3)cs2)o1. The van der Waals surface area contributed by atoms with Gasteiger partial charge >= 0.3 is 0 Å². The number of carbonyl (C=O) groups is 2. The van der Waals surface area contributed by atoms with Crippen molar-refractivity contribution in [3.8, 4) is 16.5 Å². The van der Waals surface area contributed by atoms with Crippen molar-refractivity contribution in [3.63, 3.8) is 0 Å². The van der Waals surface area contributed by atoms with Crippen molar-refractivity contribution < 1.29 is 18.7 Å². The van der Waals surface area contributed by atoms with Gasteiger partial charge in [-0.3, -0.25) is 9.59 Å². The lowest BCUT2D eigenvalue weighted by molar-refractivity contribution is -0.132. The molecule has 2 amide bonds. The molecule has 3 heterocycles. The van der Waals surface area contributed by atoms with Gasteiger partial charge < -0.3 is 19.4 Å². The van der Waals surface area contributed by atoms with E-state index < -0.39 is 0 Å². The van der Waals surface area contributed by atoms with Gasteiger partial charge in [0, 0.05) is 24.5 Å². The maximum absolute atomic E-state index is 12.4. The number of hydrogen-bond donors (Lipinski definition) is 1. The minimum atomic E-state index is -0.0951. The van der Waals surface area contributed by atoms with E-state index in [0.29, 0.717) is 30.3 Å². The van der Waals surface area contributed by atoms with Gasteiger partial charge in [-0.2, -0.15) is 0 Å². The predicted molar refractivity (Wildman–Crippen MR) is 113 cm³/mol. The summed E-state index contributed by atoms with van der Waals surface area (Å²) in [5.74, 6) is 2.04. The van der Waals surface area contributed by atoms with Gasteiger partial charge in [0.05, 0.1) is 12.1 Å². The summed E-state index contributed by atoms with van der Waals surface area (Å²) in [4.78, 5) is 31.0. The molecule has 2 aromatic heterocycles. The zero-order valence-electron chi connectivity index (χ0n) is 16.7. The Morgan fingerprint density at radius 2 is 2.10 bits per heavy atom. The van der Waals surface area contributed by atoms with Gasteiger partial charge in [-0.05, 0) is 37.6 Å². The van der Waals surface area contributed by atoms with Crippen LogP contribution in [0.25, 0.3) is 10.8 Å². The van der Waals surface area contributed by atoms with Crippen LogP contribution in [0.2, 0.25) is 0 Å². The Morgan fingerprint density at radius 1 is 1.27 bits per heavy atom. The first-order valence-corrected chi connectivity index (χ1v) is 10.7.